The monoisotopic (exact) mass is 269 g/mol. The molecule has 1 aromatic rings. The van der Waals surface area contributed by atoms with Gasteiger partial charge < -0.3 is 20.9 Å². The van der Waals surface area contributed by atoms with Crippen molar-refractivity contribution in [2.75, 3.05) is 13.7 Å². The van der Waals surface area contributed by atoms with Crippen LogP contribution >= 0.6 is 0 Å². The van der Waals surface area contributed by atoms with E-state index in [0.717, 1.165) is 0 Å². The summed E-state index contributed by atoms with van der Waals surface area (Å²) in [6.45, 7) is 0.0988. The zero-order valence-corrected chi connectivity index (χ0v) is 10.4. The van der Waals surface area contributed by atoms with Gasteiger partial charge in [-0.15, -0.1) is 0 Å². The first-order valence-electron chi connectivity index (χ1n) is 5.46. The highest BCUT2D eigenvalue weighted by molar-refractivity contribution is 5.79. The number of carbonyl (C=O) groups is 1. The standard InChI is InChI=1S/C11H15N3O5/c1-18-9-3-2-7(14(16)17)6-10(9)19-5-4-8(12)11(13)15/h2-3,6,8H,4-5,12H2,1H3,(H2,13,15). The van der Waals surface area contributed by atoms with E-state index in [0.29, 0.717) is 5.75 Å². The van der Waals surface area contributed by atoms with Crippen molar-refractivity contribution < 1.29 is 19.2 Å². The number of nitrogens with two attached hydrogens (primary N) is 2. The summed E-state index contributed by atoms with van der Waals surface area (Å²) in [5, 5.41) is 10.7. The Hall–Kier alpha value is -2.35. The minimum absolute atomic E-state index is 0.0988. The number of ether oxygens (including phenoxy) is 2. The number of hydrogen-bond donors (Lipinski definition) is 2. The molecule has 0 saturated heterocycles. The number of primary amides is 1. The molecule has 8 heteroatoms. The van der Waals surface area contributed by atoms with Crippen LogP contribution in [0, 0.1) is 10.1 Å². The Morgan fingerprint density at radius 3 is 2.68 bits per heavy atom. The van der Waals surface area contributed by atoms with Crippen molar-refractivity contribution in [3.63, 3.8) is 0 Å². The third-order valence-corrected chi connectivity index (χ3v) is 2.41. The Labute approximate surface area is 109 Å². The van der Waals surface area contributed by atoms with Gasteiger partial charge in [0.1, 0.15) is 0 Å². The number of nitro groups is 1. The van der Waals surface area contributed by atoms with Crippen LogP contribution in [0.15, 0.2) is 18.2 Å². The number of carbonyl (C=O) groups excluding carboxylic acids is 1. The van der Waals surface area contributed by atoms with E-state index in [4.69, 9.17) is 20.9 Å². The minimum atomic E-state index is -0.815. The van der Waals surface area contributed by atoms with Gasteiger partial charge in [0.25, 0.3) is 5.69 Å². The van der Waals surface area contributed by atoms with Crippen molar-refractivity contribution in [2.24, 2.45) is 11.5 Å². The average Bonchev–Trinajstić information content (AvgIpc) is 2.38. The second kappa shape index (κ2) is 6.55. The summed E-state index contributed by atoms with van der Waals surface area (Å²) < 4.78 is 10.3. The van der Waals surface area contributed by atoms with Gasteiger partial charge in [-0.25, -0.2) is 0 Å². The van der Waals surface area contributed by atoms with E-state index in [1.807, 2.05) is 0 Å². The molecule has 104 valence electrons. The predicted molar refractivity (Wildman–Crippen MR) is 66.9 cm³/mol. The smallest absolute Gasteiger partial charge is 0.273 e. The quantitative estimate of drug-likeness (QED) is 0.536. The molecular weight excluding hydrogens is 254 g/mol. The van der Waals surface area contributed by atoms with Crippen LogP contribution in [0.4, 0.5) is 5.69 Å². The zero-order valence-electron chi connectivity index (χ0n) is 10.4. The van der Waals surface area contributed by atoms with E-state index in [1.165, 1.54) is 25.3 Å². The lowest BCUT2D eigenvalue weighted by atomic mass is 10.2. The molecule has 0 saturated carbocycles. The molecule has 0 aliphatic heterocycles. The molecule has 1 atom stereocenters. The zero-order chi connectivity index (χ0) is 14.4. The van der Waals surface area contributed by atoms with Crippen molar-refractivity contribution in [2.45, 2.75) is 12.5 Å². The Morgan fingerprint density at radius 1 is 1.47 bits per heavy atom. The maximum absolute atomic E-state index is 10.7. The van der Waals surface area contributed by atoms with Gasteiger partial charge >= 0.3 is 0 Å². The number of nitrogens with zero attached hydrogens (tertiary/aromatic N) is 1. The van der Waals surface area contributed by atoms with Crippen molar-refractivity contribution in [1.82, 2.24) is 0 Å². The van der Waals surface area contributed by atoms with Crippen molar-refractivity contribution >= 4 is 11.6 Å². The highest BCUT2D eigenvalue weighted by Gasteiger charge is 2.14. The fourth-order valence-electron chi connectivity index (χ4n) is 1.33. The lowest BCUT2D eigenvalue weighted by molar-refractivity contribution is -0.385. The lowest BCUT2D eigenvalue weighted by Crippen LogP contribution is -2.37. The highest BCUT2D eigenvalue weighted by atomic mass is 16.6. The normalized spacial score (nSPS) is 11.7. The molecule has 8 nitrogen and oxygen atoms in total. The van der Waals surface area contributed by atoms with E-state index < -0.39 is 16.9 Å². The second-order valence-electron chi connectivity index (χ2n) is 3.74. The van der Waals surface area contributed by atoms with E-state index >= 15 is 0 Å². The largest absolute Gasteiger partial charge is 0.493 e. The van der Waals surface area contributed by atoms with E-state index in [2.05, 4.69) is 0 Å². The summed E-state index contributed by atoms with van der Waals surface area (Å²) in [5.74, 6) is -0.0544. The van der Waals surface area contributed by atoms with Crippen molar-refractivity contribution in [1.29, 1.82) is 0 Å². The van der Waals surface area contributed by atoms with Gasteiger partial charge in [-0.1, -0.05) is 0 Å². The van der Waals surface area contributed by atoms with Gasteiger partial charge in [-0.3, -0.25) is 14.9 Å². The molecule has 0 aromatic heterocycles. The maximum Gasteiger partial charge on any atom is 0.273 e. The van der Waals surface area contributed by atoms with E-state index in [9.17, 15) is 14.9 Å². The molecule has 0 radical (unpaired) electrons. The number of rotatable bonds is 7. The van der Waals surface area contributed by atoms with Crippen LogP contribution in [0.25, 0.3) is 0 Å². The van der Waals surface area contributed by atoms with Gasteiger partial charge in [0.15, 0.2) is 11.5 Å². The number of hydrogen-bond acceptors (Lipinski definition) is 6. The summed E-state index contributed by atoms with van der Waals surface area (Å²) in [6, 6.07) is 3.17. The second-order valence-corrected chi connectivity index (χ2v) is 3.74. The topological polar surface area (TPSA) is 131 Å². The van der Waals surface area contributed by atoms with E-state index in [-0.39, 0.29) is 24.5 Å². The Kier molecular flexibility index (Phi) is 5.07. The maximum atomic E-state index is 10.7. The fourth-order valence-corrected chi connectivity index (χ4v) is 1.33. The number of nitro benzene ring substituents is 1. The van der Waals surface area contributed by atoms with Crippen molar-refractivity contribution in [3.05, 3.63) is 28.3 Å². The third kappa shape index (κ3) is 4.11. The number of non-ortho nitro benzene ring substituents is 1. The molecule has 19 heavy (non-hydrogen) atoms. The van der Waals surface area contributed by atoms with Crippen LogP contribution < -0.4 is 20.9 Å². The summed E-state index contributed by atoms with van der Waals surface area (Å²) in [6.07, 6.45) is 0.210. The van der Waals surface area contributed by atoms with Crippen LogP contribution in [0.5, 0.6) is 11.5 Å². The summed E-state index contributed by atoms with van der Waals surface area (Å²) >= 11 is 0. The van der Waals surface area contributed by atoms with Crippen LogP contribution in [0.2, 0.25) is 0 Å². The Balaban J connectivity index is 2.72. The lowest BCUT2D eigenvalue weighted by Gasteiger charge is -2.12. The summed E-state index contributed by atoms with van der Waals surface area (Å²) in [4.78, 5) is 20.8. The molecule has 0 aliphatic carbocycles. The van der Waals surface area contributed by atoms with Crippen LogP contribution in [0.1, 0.15) is 6.42 Å². The Bertz CT molecular complexity index is 477. The first-order valence-corrected chi connectivity index (χ1v) is 5.46. The van der Waals surface area contributed by atoms with Crippen LogP contribution in [-0.4, -0.2) is 30.6 Å². The molecule has 0 spiro atoms. The van der Waals surface area contributed by atoms with Crippen LogP contribution in [-0.2, 0) is 4.79 Å². The predicted octanol–water partition coefficient (Wildman–Crippen LogP) is 0.185. The SMILES string of the molecule is COc1ccc([N+](=O)[O-])cc1OCCC(N)C(N)=O. The molecule has 0 aliphatic rings. The van der Waals surface area contributed by atoms with Gasteiger partial charge in [-0.05, 0) is 6.07 Å². The highest BCUT2D eigenvalue weighted by Crippen LogP contribution is 2.31. The first-order chi connectivity index (χ1) is 8.95. The third-order valence-electron chi connectivity index (χ3n) is 2.41. The molecule has 0 heterocycles. The molecule has 1 unspecified atom stereocenters. The molecule has 0 bridgehead atoms. The van der Waals surface area contributed by atoms with E-state index in [1.54, 1.807) is 0 Å². The summed E-state index contributed by atoms with van der Waals surface area (Å²) in [5.41, 5.74) is 10.3. The molecule has 1 rings (SSSR count). The first kappa shape index (κ1) is 14.7. The van der Waals surface area contributed by atoms with Gasteiger partial charge in [0.2, 0.25) is 5.91 Å². The van der Waals surface area contributed by atoms with Gasteiger partial charge in [0, 0.05) is 12.5 Å². The number of methoxy groups -OCH3 is 1. The molecule has 4 N–H and O–H groups in total. The van der Waals surface area contributed by atoms with Gasteiger partial charge in [0.05, 0.1) is 30.7 Å². The van der Waals surface area contributed by atoms with Crippen molar-refractivity contribution in [3.8, 4) is 11.5 Å². The molecule has 1 aromatic carbocycles. The molecule has 1 amide bonds. The van der Waals surface area contributed by atoms with Crippen LogP contribution in [0.3, 0.4) is 0 Å². The molecular formula is C11H15N3O5. The average molecular weight is 269 g/mol. The Morgan fingerprint density at radius 2 is 2.16 bits per heavy atom. The fraction of sp³-hybridized carbons (Fsp3) is 0.364. The number of amides is 1. The number of benzene rings is 1. The van der Waals surface area contributed by atoms with Gasteiger partial charge in [-0.2, -0.15) is 0 Å². The summed E-state index contributed by atoms with van der Waals surface area (Å²) in [7, 11) is 1.42. The molecule has 0 fully saturated rings. The minimum Gasteiger partial charge on any atom is -0.493 e.